The standard InChI is InChI=1S/C16H14Cl2N2O3/c1-9-3-10(2)5-11(4-9)16(22)23-8-14(21)20-15-13(18)6-12(17)7-19-15/h3-7H,8H2,1-2H3,(H,19,20,21). The van der Waals surface area contributed by atoms with Crippen LogP contribution in [0.25, 0.3) is 0 Å². The lowest BCUT2D eigenvalue weighted by molar-refractivity contribution is -0.119. The lowest BCUT2D eigenvalue weighted by atomic mass is 10.1. The Labute approximate surface area is 143 Å². The first-order chi connectivity index (χ1) is 10.8. The van der Waals surface area contributed by atoms with E-state index in [0.717, 1.165) is 11.1 Å². The first-order valence-electron chi connectivity index (χ1n) is 6.71. The number of hydrogen-bond donors (Lipinski definition) is 1. The molecule has 1 aromatic carbocycles. The summed E-state index contributed by atoms with van der Waals surface area (Å²) in [5.41, 5.74) is 2.29. The summed E-state index contributed by atoms with van der Waals surface area (Å²) in [6.45, 7) is 3.32. The molecule has 0 aliphatic heterocycles. The molecule has 23 heavy (non-hydrogen) atoms. The zero-order chi connectivity index (χ0) is 17.0. The minimum absolute atomic E-state index is 0.156. The summed E-state index contributed by atoms with van der Waals surface area (Å²) in [5.74, 6) is -0.954. The van der Waals surface area contributed by atoms with Crippen molar-refractivity contribution in [2.75, 3.05) is 11.9 Å². The fraction of sp³-hybridized carbons (Fsp3) is 0.188. The third-order valence-corrected chi connectivity index (χ3v) is 3.35. The van der Waals surface area contributed by atoms with Crippen molar-refractivity contribution in [3.05, 3.63) is 57.2 Å². The number of ether oxygens (including phenoxy) is 1. The van der Waals surface area contributed by atoms with Gasteiger partial charge in [0.1, 0.15) is 0 Å². The second-order valence-electron chi connectivity index (χ2n) is 4.98. The predicted octanol–water partition coefficient (Wildman–Crippen LogP) is 3.80. The topological polar surface area (TPSA) is 68.3 Å². The molecule has 0 unspecified atom stereocenters. The number of carbonyl (C=O) groups excluding carboxylic acids is 2. The smallest absolute Gasteiger partial charge is 0.338 e. The van der Waals surface area contributed by atoms with E-state index >= 15 is 0 Å². The molecule has 0 aliphatic carbocycles. The summed E-state index contributed by atoms with van der Waals surface area (Å²) in [7, 11) is 0. The van der Waals surface area contributed by atoms with E-state index in [1.807, 2.05) is 19.9 Å². The van der Waals surface area contributed by atoms with Gasteiger partial charge < -0.3 is 10.1 Å². The zero-order valence-electron chi connectivity index (χ0n) is 12.5. The molecule has 0 bridgehead atoms. The van der Waals surface area contributed by atoms with Crippen LogP contribution in [0, 0.1) is 13.8 Å². The largest absolute Gasteiger partial charge is 0.452 e. The average Bonchev–Trinajstić information content (AvgIpc) is 2.46. The second-order valence-corrected chi connectivity index (χ2v) is 5.83. The van der Waals surface area contributed by atoms with Gasteiger partial charge in [0.2, 0.25) is 0 Å². The molecule has 0 atom stereocenters. The van der Waals surface area contributed by atoms with Gasteiger partial charge in [-0.15, -0.1) is 0 Å². The molecule has 1 aromatic heterocycles. The first-order valence-corrected chi connectivity index (χ1v) is 7.47. The number of aromatic nitrogens is 1. The molecule has 0 aliphatic rings. The van der Waals surface area contributed by atoms with E-state index in [2.05, 4.69) is 10.3 Å². The van der Waals surface area contributed by atoms with Crippen LogP contribution in [-0.2, 0) is 9.53 Å². The van der Waals surface area contributed by atoms with E-state index in [4.69, 9.17) is 27.9 Å². The van der Waals surface area contributed by atoms with Crippen molar-refractivity contribution in [2.24, 2.45) is 0 Å². The van der Waals surface area contributed by atoms with Gasteiger partial charge in [0, 0.05) is 6.20 Å². The fourth-order valence-corrected chi connectivity index (χ4v) is 2.41. The minimum atomic E-state index is -0.567. The number of halogens is 2. The van der Waals surface area contributed by atoms with Crippen LogP contribution in [0.15, 0.2) is 30.5 Å². The normalized spacial score (nSPS) is 10.3. The summed E-state index contributed by atoms with van der Waals surface area (Å²) in [5, 5.41) is 3.01. The maximum absolute atomic E-state index is 12.0. The van der Waals surface area contributed by atoms with Crippen LogP contribution in [0.5, 0.6) is 0 Å². The molecule has 0 spiro atoms. The van der Waals surface area contributed by atoms with Gasteiger partial charge in [0.05, 0.1) is 15.6 Å². The van der Waals surface area contributed by atoms with E-state index in [9.17, 15) is 9.59 Å². The molecule has 0 saturated heterocycles. The number of nitrogens with zero attached hydrogens (tertiary/aromatic N) is 1. The Kier molecular flexibility index (Phi) is 5.58. The van der Waals surface area contributed by atoms with E-state index < -0.39 is 18.5 Å². The summed E-state index contributed by atoms with van der Waals surface area (Å²) >= 11 is 11.6. The van der Waals surface area contributed by atoms with Crippen molar-refractivity contribution in [3.8, 4) is 0 Å². The monoisotopic (exact) mass is 352 g/mol. The van der Waals surface area contributed by atoms with Gasteiger partial charge in [-0.3, -0.25) is 4.79 Å². The third kappa shape index (κ3) is 4.94. The molecule has 1 heterocycles. The summed E-state index contributed by atoms with van der Waals surface area (Å²) in [6.07, 6.45) is 1.35. The Bertz CT molecular complexity index is 743. The van der Waals surface area contributed by atoms with Gasteiger partial charge in [-0.25, -0.2) is 9.78 Å². The van der Waals surface area contributed by atoms with Crippen LogP contribution in [0.2, 0.25) is 10.0 Å². The van der Waals surface area contributed by atoms with E-state index in [-0.39, 0.29) is 10.8 Å². The highest BCUT2D eigenvalue weighted by molar-refractivity contribution is 6.36. The molecule has 5 nitrogen and oxygen atoms in total. The number of benzene rings is 1. The number of pyridine rings is 1. The van der Waals surface area contributed by atoms with Crippen molar-refractivity contribution >= 4 is 40.9 Å². The second kappa shape index (κ2) is 7.44. The molecule has 120 valence electrons. The lowest BCUT2D eigenvalue weighted by Gasteiger charge is -2.08. The number of carbonyl (C=O) groups is 2. The number of aryl methyl sites for hydroxylation is 2. The zero-order valence-corrected chi connectivity index (χ0v) is 14.0. The first kappa shape index (κ1) is 17.2. The van der Waals surface area contributed by atoms with Crippen molar-refractivity contribution < 1.29 is 14.3 Å². The van der Waals surface area contributed by atoms with E-state index in [1.165, 1.54) is 12.3 Å². The molecule has 1 N–H and O–H groups in total. The lowest BCUT2D eigenvalue weighted by Crippen LogP contribution is -2.21. The maximum atomic E-state index is 12.0. The van der Waals surface area contributed by atoms with Crippen LogP contribution < -0.4 is 5.32 Å². The highest BCUT2D eigenvalue weighted by Gasteiger charge is 2.13. The van der Waals surface area contributed by atoms with Crippen molar-refractivity contribution in [1.29, 1.82) is 0 Å². The van der Waals surface area contributed by atoms with Crippen LogP contribution in [-0.4, -0.2) is 23.5 Å². The number of nitrogens with one attached hydrogen (secondary N) is 1. The quantitative estimate of drug-likeness (QED) is 0.849. The van der Waals surface area contributed by atoms with Gasteiger partial charge in [0.25, 0.3) is 5.91 Å². The molecule has 1 amide bonds. The Morgan fingerprint density at radius 3 is 2.39 bits per heavy atom. The number of amides is 1. The summed E-state index contributed by atoms with van der Waals surface area (Å²) in [6, 6.07) is 6.79. The van der Waals surface area contributed by atoms with E-state index in [1.54, 1.807) is 12.1 Å². The molecular formula is C16H14Cl2N2O3. The maximum Gasteiger partial charge on any atom is 0.338 e. The molecule has 7 heteroatoms. The van der Waals surface area contributed by atoms with Crippen molar-refractivity contribution in [2.45, 2.75) is 13.8 Å². The van der Waals surface area contributed by atoms with Crippen LogP contribution in [0.3, 0.4) is 0 Å². The van der Waals surface area contributed by atoms with E-state index in [0.29, 0.717) is 10.6 Å². The third-order valence-electron chi connectivity index (χ3n) is 2.86. The average molecular weight is 353 g/mol. The molecule has 0 radical (unpaired) electrons. The van der Waals surface area contributed by atoms with Gasteiger partial charge in [-0.05, 0) is 32.0 Å². The Balaban J connectivity index is 1.94. The van der Waals surface area contributed by atoms with Crippen molar-refractivity contribution in [3.63, 3.8) is 0 Å². The number of anilines is 1. The molecule has 2 rings (SSSR count). The highest BCUT2D eigenvalue weighted by atomic mass is 35.5. The Morgan fingerprint density at radius 1 is 1.13 bits per heavy atom. The van der Waals surface area contributed by atoms with Gasteiger partial charge in [-0.2, -0.15) is 0 Å². The van der Waals surface area contributed by atoms with Crippen LogP contribution in [0.4, 0.5) is 5.82 Å². The minimum Gasteiger partial charge on any atom is -0.452 e. The van der Waals surface area contributed by atoms with Gasteiger partial charge in [-0.1, -0.05) is 40.4 Å². The van der Waals surface area contributed by atoms with Crippen molar-refractivity contribution in [1.82, 2.24) is 4.98 Å². The number of rotatable bonds is 4. The fourth-order valence-electron chi connectivity index (χ4n) is 1.98. The van der Waals surface area contributed by atoms with Gasteiger partial charge >= 0.3 is 5.97 Å². The summed E-state index contributed by atoms with van der Waals surface area (Å²) in [4.78, 5) is 27.6. The predicted molar refractivity (Wildman–Crippen MR) is 89.1 cm³/mol. The molecule has 0 fully saturated rings. The number of esters is 1. The molecule has 0 saturated carbocycles. The Morgan fingerprint density at radius 2 is 1.78 bits per heavy atom. The SMILES string of the molecule is Cc1cc(C)cc(C(=O)OCC(=O)Nc2ncc(Cl)cc2Cl)c1. The summed E-state index contributed by atoms with van der Waals surface area (Å²) < 4.78 is 4.99. The van der Waals surface area contributed by atoms with Crippen LogP contribution >= 0.6 is 23.2 Å². The van der Waals surface area contributed by atoms with Crippen LogP contribution in [0.1, 0.15) is 21.5 Å². The highest BCUT2D eigenvalue weighted by Crippen LogP contribution is 2.22. The van der Waals surface area contributed by atoms with Gasteiger partial charge in [0.15, 0.2) is 12.4 Å². The molecule has 2 aromatic rings. The Hall–Kier alpha value is -2.11. The molecular weight excluding hydrogens is 339 g/mol. The number of hydrogen-bond acceptors (Lipinski definition) is 4.